The number of ether oxygens (including phenoxy) is 1. The van der Waals surface area contributed by atoms with Crippen molar-refractivity contribution >= 4 is 22.9 Å². The number of benzene rings is 1. The second-order valence-corrected chi connectivity index (χ2v) is 7.33. The highest BCUT2D eigenvalue weighted by Crippen LogP contribution is 2.17. The van der Waals surface area contributed by atoms with Gasteiger partial charge in [0.05, 0.1) is 12.6 Å². The standard InChI is InChI=1S/C19H24N2O2S/c1-15-5-2-6-16(11-15)20-19(22)14-21(12-17-7-3-9-23-17)13-18-8-4-10-24-18/h2,4-6,8,10-11,17H,3,7,9,12-14H2,1H3,(H,20,22)/t17-/m1/s1. The van der Waals surface area contributed by atoms with Crippen LogP contribution in [0, 0.1) is 6.92 Å². The van der Waals surface area contributed by atoms with Crippen molar-refractivity contribution in [3.8, 4) is 0 Å². The number of anilines is 1. The van der Waals surface area contributed by atoms with E-state index in [-0.39, 0.29) is 12.0 Å². The molecule has 0 saturated carbocycles. The molecule has 0 bridgehead atoms. The molecule has 0 spiro atoms. The van der Waals surface area contributed by atoms with Gasteiger partial charge in [-0.05, 0) is 48.9 Å². The molecule has 1 aliphatic rings. The summed E-state index contributed by atoms with van der Waals surface area (Å²) in [5, 5.41) is 5.08. The van der Waals surface area contributed by atoms with Crippen LogP contribution >= 0.6 is 11.3 Å². The third-order valence-corrected chi connectivity index (χ3v) is 4.98. The summed E-state index contributed by atoms with van der Waals surface area (Å²) in [6.07, 6.45) is 2.45. The fourth-order valence-corrected chi connectivity index (χ4v) is 3.76. The molecule has 5 heteroatoms. The summed E-state index contributed by atoms with van der Waals surface area (Å²) < 4.78 is 5.75. The molecule has 4 nitrogen and oxygen atoms in total. The third kappa shape index (κ3) is 5.16. The highest BCUT2D eigenvalue weighted by Gasteiger charge is 2.21. The van der Waals surface area contributed by atoms with Crippen molar-refractivity contribution < 1.29 is 9.53 Å². The molecule has 24 heavy (non-hydrogen) atoms. The average Bonchev–Trinajstić information content (AvgIpc) is 3.21. The van der Waals surface area contributed by atoms with Crippen molar-refractivity contribution in [2.45, 2.75) is 32.4 Å². The highest BCUT2D eigenvalue weighted by molar-refractivity contribution is 7.09. The van der Waals surface area contributed by atoms with Gasteiger partial charge < -0.3 is 10.1 Å². The molecule has 128 valence electrons. The Balaban J connectivity index is 1.60. The Morgan fingerprint density at radius 3 is 3.00 bits per heavy atom. The Kier molecular flexibility index (Phi) is 6.01. The molecular weight excluding hydrogens is 320 g/mol. The van der Waals surface area contributed by atoms with Crippen molar-refractivity contribution in [1.29, 1.82) is 0 Å². The molecule has 1 saturated heterocycles. The van der Waals surface area contributed by atoms with E-state index in [1.165, 1.54) is 4.88 Å². The summed E-state index contributed by atoms with van der Waals surface area (Å²) in [4.78, 5) is 15.9. The van der Waals surface area contributed by atoms with Gasteiger partial charge in [-0.25, -0.2) is 0 Å². The molecule has 1 aromatic carbocycles. The topological polar surface area (TPSA) is 41.6 Å². The van der Waals surface area contributed by atoms with E-state index in [1.807, 2.05) is 31.2 Å². The van der Waals surface area contributed by atoms with E-state index < -0.39 is 0 Å². The van der Waals surface area contributed by atoms with Crippen molar-refractivity contribution in [3.05, 3.63) is 52.2 Å². The first kappa shape index (κ1) is 17.1. The molecule has 2 heterocycles. The zero-order chi connectivity index (χ0) is 16.8. The summed E-state index contributed by atoms with van der Waals surface area (Å²) in [6, 6.07) is 12.1. The van der Waals surface area contributed by atoms with Crippen LogP contribution in [0.25, 0.3) is 0 Å². The van der Waals surface area contributed by atoms with Crippen LogP contribution in [0.4, 0.5) is 5.69 Å². The van der Waals surface area contributed by atoms with Crippen LogP contribution in [-0.2, 0) is 16.1 Å². The summed E-state index contributed by atoms with van der Waals surface area (Å²) in [5.74, 6) is 0.0233. The van der Waals surface area contributed by atoms with Gasteiger partial charge in [0.1, 0.15) is 0 Å². The Hall–Kier alpha value is -1.69. The number of aryl methyl sites for hydroxylation is 1. The van der Waals surface area contributed by atoms with Crippen molar-refractivity contribution in [1.82, 2.24) is 4.90 Å². The van der Waals surface area contributed by atoms with Gasteiger partial charge in [0.25, 0.3) is 0 Å². The molecule has 1 amide bonds. The number of nitrogens with one attached hydrogen (secondary N) is 1. The second kappa shape index (κ2) is 8.42. The lowest BCUT2D eigenvalue weighted by atomic mass is 10.2. The molecule has 1 atom stereocenters. The zero-order valence-corrected chi connectivity index (χ0v) is 14.8. The van der Waals surface area contributed by atoms with E-state index in [2.05, 4.69) is 27.7 Å². The minimum absolute atomic E-state index is 0.0233. The van der Waals surface area contributed by atoms with Crippen molar-refractivity contribution in [2.24, 2.45) is 0 Å². The quantitative estimate of drug-likeness (QED) is 0.833. The predicted octanol–water partition coefficient (Wildman–Crippen LogP) is 3.68. The lowest BCUT2D eigenvalue weighted by Gasteiger charge is -2.24. The van der Waals surface area contributed by atoms with Crippen LogP contribution in [0.3, 0.4) is 0 Å². The van der Waals surface area contributed by atoms with Gasteiger partial charge in [-0.1, -0.05) is 18.2 Å². The number of carbonyl (C=O) groups is 1. The van der Waals surface area contributed by atoms with Crippen molar-refractivity contribution in [2.75, 3.05) is 25.0 Å². The molecular formula is C19H24N2O2S. The van der Waals surface area contributed by atoms with Gasteiger partial charge >= 0.3 is 0 Å². The van der Waals surface area contributed by atoms with Crippen LogP contribution in [0.5, 0.6) is 0 Å². The van der Waals surface area contributed by atoms with Gasteiger partial charge in [0.15, 0.2) is 0 Å². The van der Waals surface area contributed by atoms with Crippen LogP contribution in [0.15, 0.2) is 41.8 Å². The first-order valence-corrected chi connectivity index (χ1v) is 9.30. The lowest BCUT2D eigenvalue weighted by molar-refractivity contribution is -0.117. The number of thiophene rings is 1. The van der Waals surface area contributed by atoms with E-state index in [1.54, 1.807) is 11.3 Å². The number of hydrogen-bond acceptors (Lipinski definition) is 4. The van der Waals surface area contributed by atoms with Crippen LogP contribution < -0.4 is 5.32 Å². The van der Waals surface area contributed by atoms with Gasteiger partial charge in [-0.2, -0.15) is 0 Å². The zero-order valence-electron chi connectivity index (χ0n) is 14.0. The van der Waals surface area contributed by atoms with E-state index in [0.29, 0.717) is 6.54 Å². The maximum atomic E-state index is 12.4. The Labute approximate surface area is 147 Å². The van der Waals surface area contributed by atoms with Gasteiger partial charge in [-0.15, -0.1) is 11.3 Å². The molecule has 1 aliphatic heterocycles. The normalized spacial score (nSPS) is 17.3. The Morgan fingerprint density at radius 2 is 2.29 bits per heavy atom. The van der Waals surface area contributed by atoms with Crippen LogP contribution in [0.2, 0.25) is 0 Å². The monoisotopic (exact) mass is 344 g/mol. The van der Waals surface area contributed by atoms with E-state index in [4.69, 9.17) is 4.74 Å². The predicted molar refractivity (Wildman–Crippen MR) is 98.4 cm³/mol. The number of amides is 1. The van der Waals surface area contributed by atoms with Gasteiger partial charge in [-0.3, -0.25) is 9.69 Å². The lowest BCUT2D eigenvalue weighted by Crippen LogP contribution is -2.37. The molecule has 1 aromatic heterocycles. The van der Waals surface area contributed by atoms with Gasteiger partial charge in [0.2, 0.25) is 5.91 Å². The molecule has 1 fully saturated rings. The second-order valence-electron chi connectivity index (χ2n) is 6.30. The van der Waals surface area contributed by atoms with Crippen molar-refractivity contribution in [3.63, 3.8) is 0 Å². The highest BCUT2D eigenvalue weighted by atomic mass is 32.1. The average molecular weight is 344 g/mol. The Morgan fingerprint density at radius 1 is 1.38 bits per heavy atom. The Bertz CT molecular complexity index is 651. The van der Waals surface area contributed by atoms with Gasteiger partial charge in [0, 0.05) is 30.3 Å². The molecule has 0 aliphatic carbocycles. The first-order chi connectivity index (χ1) is 11.7. The molecule has 1 N–H and O–H groups in total. The molecule has 2 aromatic rings. The van der Waals surface area contributed by atoms with E-state index in [9.17, 15) is 4.79 Å². The fourth-order valence-electron chi connectivity index (χ4n) is 3.01. The molecule has 0 radical (unpaired) electrons. The van der Waals surface area contributed by atoms with E-state index >= 15 is 0 Å². The van der Waals surface area contributed by atoms with Crippen LogP contribution in [-0.4, -0.2) is 36.6 Å². The first-order valence-electron chi connectivity index (χ1n) is 8.42. The third-order valence-electron chi connectivity index (χ3n) is 4.11. The smallest absolute Gasteiger partial charge is 0.238 e. The summed E-state index contributed by atoms with van der Waals surface area (Å²) in [7, 11) is 0. The molecule has 0 unspecified atom stereocenters. The minimum Gasteiger partial charge on any atom is -0.377 e. The summed E-state index contributed by atoms with van der Waals surface area (Å²) >= 11 is 1.73. The maximum Gasteiger partial charge on any atom is 0.238 e. The largest absolute Gasteiger partial charge is 0.377 e. The number of nitrogens with zero attached hydrogens (tertiary/aromatic N) is 1. The number of rotatable bonds is 7. The fraction of sp³-hybridized carbons (Fsp3) is 0.421. The van der Waals surface area contributed by atoms with E-state index in [0.717, 1.165) is 43.8 Å². The molecule has 3 rings (SSSR count). The summed E-state index contributed by atoms with van der Waals surface area (Å²) in [5.41, 5.74) is 2.00. The maximum absolute atomic E-state index is 12.4. The van der Waals surface area contributed by atoms with Crippen LogP contribution in [0.1, 0.15) is 23.3 Å². The minimum atomic E-state index is 0.0233. The SMILES string of the molecule is Cc1cccc(NC(=O)CN(Cc2cccs2)C[C@H]2CCCO2)c1. The number of carbonyl (C=O) groups excluding carboxylic acids is 1. The number of hydrogen-bond donors (Lipinski definition) is 1. The summed E-state index contributed by atoms with van der Waals surface area (Å²) in [6.45, 7) is 4.84.